The maximum Gasteiger partial charge on any atom is 0.335 e. The fourth-order valence-corrected chi connectivity index (χ4v) is 5.49. The van der Waals surface area contributed by atoms with Crippen LogP contribution in [0.15, 0.2) is 97.2 Å². The number of aromatic carboxylic acids is 1. The third kappa shape index (κ3) is 8.33. The van der Waals surface area contributed by atoms with Crippen molar-refractivity contribution in [3.63, 3.8) is 0 Å². The molecule has 2 N–H and O–H groups in total. The van der Waals surface area contributed by atoms with E-state index in [0.29, 0.717) is 40.3 Å². The lowest BCUT2D eigenvalue weighted by atomic mass is 10.0. The van der Waals surface area contributed by atoms with Gasteiger partial charge in [-0.3, -0.25) is 4.79 Å². The highest BCUT2D eigenvalue weighted by atomic mass is 35.5. The van der Waals surface area contributed by atoms with E-state index in [9.17, 15) is 14.0 Å². The molecule has 0 saturated carbocycles. The van der Waals surface area contributed by atoms with Gasteiger partial charge in [0.2, 0.25) is 0 Å². The van der Waals surface area contributed by atoms with Crippen molar-refractivity contribution < 1.29 is 23.8 Å². The van der Waals surface area contributed by atoms with Crippen molar-refractivity contribution in [3.8, 4) is 17.0 Å². The summed E-state index contributed by atoms with van der Waals surface area (Å²) in [7, 11) is 0. The van der Waals surface area contributed by atoms with Crippen molar-refractivity contribution in [2.75, 3.05) is 0 Å². The molecule has 10 heteroatoms. The Balaban J connectivity index is 1.42. The minimum Gasteiger partial charge on any atom is -0.489 e. The topological polar surface area (TPSA) is 93.5 Å². The largest absolute Gasteiger partial charge is 0.489 e. The molecular formula is C36H32Cl2FN3O4. The molecule has 0 aliphatic rings. The van der Waals surface area contributed by atoms with Crippen LogP contribution in [-0.2, 0) is 19.6 Å². The third-order valence-corrected chi connectivity index (χ3v) is 7.99. The summed E-state index contributed by atoms with van der Waals surface area (Å²) in [5.74, 6) is -0.623. The third-order valence-electron chi connectivity index (χ3n) is 7.44. The molecule has 0 radical (unpaired) electrons. The number of nitrogens with one attached hydrogen (secondary N) is 1. The van der Waals surface area contributed by atoms with E-state index in [0.717, 1.165) is 29.5 Å². The Labute approximate surface area is 276 Å². The van der Waals surface area contributed by atoms with Crippen LogP contribution in [-0.4, -0.2) is 26.5 Å². The smallest absolute Gasteiger partial charge is 0.335 e. The maximum absolute atomic E-state index is 14.0. The van der Waals surface area contributed by atoms with Crippen LogP contribution in [0.5, 0.6) is 5.75 Å². The van der Waals surface area contributed by atoms with E-state index in [1.807, 2.05) is 41.1 Å². The second kappa shape index (κ2) is 15.1. The number of carboxylic acids is 1. The summed E-state index contributed by atoms with van der Waals surface area (Å²) in [6.45, 7) is 3.05. The molecule has 5 rings (SSSR count). The molecule has 1 atom stereocenters. The molecule has 1 amide bonds. The van der Waals surface area contributed by atoms with Gasteiger partial charge in [-0.15, -0.1) is 0 Å². The molecule has 0 bridgehead atoms. The van der Waals surface area contributed by atoms with Crippen LogP contribution in [0.25, 0.3) is 11.3 Å². The second-order valence-electron chi connectivity index (χ2n) is 10.8. The van der Waals surface area contributed by atoms with E-state index in [4.69, 9.17) is 38.0 Å². The highest BCUT2D eigenvalue weighted by Gasteiger charge is 2.24. The molecule has 0 saturated heterocycles. The predicted molar refractivity (Wildman–Crippen MR) is 177 cm³/mol. The molecule has 0 aliphatic heterocycles. The zero-order valence-electron chi connectivity index (χ0n) is 25.1. The molecule has 1 aromatic heterocycles. The number of ether oxygens (including phenoxy) is 1. The van der Waals surface area contributed by atoms with Crippen molar-refractivity contribution >= 4 is 35.1 Å². The second-order valence-corrected chi connectivity index (χ2v) is 11.7. The average Bonchev–Trinajstić information content (AvgIpc) is 3.47. The zero-order chi connectivity index (χ0) is 32.6. The molecule has 1 heterocycles. The lowest BCUT2D eigenvalue weighted by molar-refractivity contribution is 0.0696. The molecule has 5 aromatic rings. The highest BCUT2D eigenvalue weighted by Crippen LogP contribution is 2.32. The predicted octanol–water partition coefficient (Wildman–Crippen LogP) is 8.79. The fourth-order valence-electron chi connectivity index (χ4n) is 4.99. The zero-order valence-corrected chi connectivity index (χ0v) is 26.6. The number of aryl methyl sites for hydroxylation is 1. The summed E-state index contributed by atoms with van der Waals surface area (Å²) in [6, 6.07) is 24.3. The SMILES string of the molecule is CCCCn1cc(-c2ccc(Cl)cc2Cl)nc1[C@H](Cc1ccc(OCc2ccc(C(=O)O)cc2)cc1)NC(=O)c1cccc(F)c1. The number of rotatable bonds is 13. The van der Waals surface area contributed by atoms with Gasteiger partial charge in [0.1, 0.15) is 24.0 Å². The Bertz CT molecular complexity index is 1820. The van der Waals surface area contributed by atoms with Crippen LogP contribution in [0, 0.1) is 5.82 Å². The Morgan fingerprint density at radius 2 is 1.70 bits per heavy atom. The minimum atomic E-state index is -0.980. The molecule has 0 aliphatic carbocycles. The van der Waals surface area contributed by atoms with Crippen LogP contribution in [0.3, 0.4) is 0 Å². The van der Waals surface area contributed by atoms with E-state index in [2.05, 4.69) is 12.2 Å². The highest BCUT2D eigenvalue weighted by molar-refractivity contribution is 6.36. The quantitative estimate of drug-likeness (QED) is 0.132. The number of carboxylic acid groups (broad SMARTS) is 1. The molecule has 0 unspecified atom stereocenters. The number of hydrogen-bond acceptors (Lipinski definition) is 4. The van der Waals surface area contributed by atoms with E-state index in [-0.39, 0.29) is 17.7 Å². The summed E-state index contributed by atoms with van der Waals surface area (Å²) < 4.78 is 22.0. The summed E-state index contributed by atoms with van der Waals surface area (Å²) in [4.78, 5) is 29.5. The minimum absolute atomic E-state index is 0.206. The van der Waals surface area contributed by atoms with Gasteiger partial charge < -0.3 is 19.7 Å². The van der Waals surface area contributed by atoms with E-state index in [1.165, 1.54) is 18.2 Å². The molecule has 7 nitrogen and oxygen atoms in total. The van der Waals surface area contributed by atoms with E-state index < -0.39 is 23.7 Å². The van der Waals surface area contributed by atoms with E-state index in [1.54, 1.807) is 42.5 Å². The number of benzene rings is 4. The monoisotopic (exact) mass is 659 g/mol. The summed E-state index contributed by atoms with van der Waals surface area (Å²) in [5.41, 5.74) is 3.54. The first kappa shape index (κ1) is 32.7. The summed E-state index contributed by atoms with van der Waals surface area (Å²) in [6.07, 6.45) is 4.18. The van der Waals surface area contributed by atoms with Gasteiger partial charge in [-0.2, -0.15) is 0 Å². The Morgan fingerprint density at radius 3 is 2.37 bits per heavy atom. The van der Waals surface area contributed by atoms with Gasteiger partial charge in [0.15, 0.2) is 0 Å². The number of halogens is 3. The standard InChI is InChI=1S/C36H32Cl2FN3O4/c1-2-3-17-42-21-33(30-16-13-27(37)20-31(30)38)40-34(42)32(41-35(43)26-5-4-6-28(39)19-26)18-23-9-14-29(15-10-23)46-22-24-7-11-25(12-8-24)36(44)45/h4-16,19-21,32H,2-3,17-18,22H2,1H3,(H,41,43)(H,44,45)/t32-/m0/s1. The van der Waals surface area contributed by atoms with Crippen molar-refractivity contribution in [2.45, 2.75) is 45.4 Å². The van der Waals surface area contributed by atoms with Gasteiger partial charge in [-0.1, -0.05) is 66.9 Å². The summed E-state index contributed by atoms with van der Waals surface area (Å²) >= 11 is 12.7. The number of carbonyl (C=O) groups excluding carboxylic acids is 1. The van der Waals surface area contributed by atoms with Gasteiger partial charge in [0.25, 0.3) is 5.91 Å². The van der Waals surface area contributed by atoms with Crippen LogP contribution >= 0.6 is 23.2 Å². The average molecular weight is 661 g/mol. The maximum atomic E-state index is 14.0. The number of aromatic nitrogens is 2. The van der Waals surface area contributed by atoms with Crippen molar-refractivity contribution in [1.29, 1.82) is 0 Å². The number of carbonyl (C=O) groups is 2. The molecule has 0 spiro atoms. The molecule has 236 valence electrons. The lowest BCUT2D eigenvalue weighted by Gasteiger charge is -2.20. The van der Waals surface area contributed by atoms with Crippen LogP contribution in [0.4, 0.5) is 4.39 Å². The molecule has 46 heavy (non-hydrogen) atoms. The molecule has 4 aromatic carbocycles. The number of unbranched alkanes of at least 4 members (excludes halogenated alkanes) is 1. The first-order valence-electron chi connectivity index (χ1n) is 14.8. The normalized spacial score (nSPS) is 11.7. The Morgan fingerprint density at radius 1 is 0.957 bits per heavy atom. The van der Waals surface area contributed by atoms with Crippen LogP contribution in [0.1, 0.15) is 63.5 Å². The summed E-state index contributed by atoms with van der Waals surface area (Å²) in [5, 5.41) is 13.2. The van der Waals surface area contributed by atoms with Crippen molar-refractivity contribution in [1.82, 2.24) is 14.9 Å². The lowest BCUT2D eigenvalue weighted by Crippen LogP contribution is -2.32. The van der Waals surface area contributed by atoms with Crippen LogP contribution in [0.2, 0.25) is 10.0 Å². The molecular weight excluding hydrogens is 628 g/mol. The van der Waals surface area contributed by atoms with Gasteiger partial charge >= 0.3 is 5.97 Å². The fraction of sp³-hybridized carbons (Fsp3) is 0.194. The van der Waals surface area contributed by atoms with E-state index >= 15 is 0 Å². The van der Waals surface area contributed by atoms with Gasteiger partial charge in [-0.25, -0.2) is 14.2 Å². The van der Waals surface area contributed by atoms with Gasteiger partial charge in [-0.05, 0) is 84.6 Å². The first-order valence-corrected chi connectivity index (χ1v) is 15.6. The number of amides is 1. The van der Waals surface area contributed by atoms with Crippen LogP contribution < -0.4 is 10.1 Å². The Hall–Kier alpha value is -4.66. The number of hydrogen-bond donors (Lipinski definition) is 2. The first-order chi connectivity index (χ1) is 22.2. The number of imidazole rings is 1. The van der Waals surface area contributed by atoms with Gasteiger partial charge in [0.05, 0.1) is 22.3 Å². The molecule has 0 fully saturated rings. The van der Waals surface area contributed by atoms with Gasteiger partial charge in [0, 0.05) is 28.9 Å². The Kier molecular flexibility index (Phi) is 10.7. The van der Waals surface area contributed by atoms with Crippen molar-refractivity contribution in [3.05, 3.63) is 141 Å². The number of nitrogens with zero attached hydrogens (tertiary/aromatic N) is 2. The van der Waals surface area contributed by atoms with Crippen molar-refractivity contribution in [2.24, 2.45) is 0 Å².